The molecule has 0 spiro atoms. The average molecular weight is 230 g/mol. The van der Waals surface area contributed by atoms with Gasteiger partial charge in [0.25, 0.3) is 0 Å². The minimum atomic E-state index is -0.482. The summed E-state index contributed by atoms with van der Waals surface area (Å²) in [6.45, 7) is 7.62. The largest absolute Gasteiger partial charge is 0.444 e. The van der Waals surface area contributed by atoms with E-state index in [1.54, 1.807) is 0 Å². The Morgan fingerprint density at radius 2 is 2.25 bits per heavy atom. The van der Waals surface area contributed by atoms with E-state index in [4.69, 9.17) is 4.74 Å². The first kappa shape index (κ1) is 13.3. The highest BCUT2D eigenvalue weighted by atomic mass is 16.6. The first-order valence-corrected chi connectivity index (χ1v) is 5.65. The molecule has 1 saturated heterocycles. The van der Waals surface area contributed by atoms with Crippen molar-refractivity contribution in [1.82, 2.24) is 10.6 Å². The number of carbonyl (C=O) groups is 1. The average Bonchev–Trinajstić information content (AvgIpc) is 2.61. The third-order valence-corrected chi connectivity index (χ3v) is 2.67. The van der Waals surface area contributed by atoms with Gasteiger partial charge in [-0.15, -0.1) is 0 Å². The van der Waals surface area contributed by atoms with Crippen molar-refractivity contribution in [3.63, 3.8) is 0 Å². The predicted molar refractivity (Wildman–Crippen MR) is 61.2 cm³/mol. The van der Waals surface area contributed by atoms with Crippen molar-refractivity contribution >= 4 is 6.09 Å². The minimum absolute atomic E-state index is 0.0792. The lowest BCUT2D eigenvalue weighted by atomic mass is 9.88. The van der Waals surface area contributed by atoms with E-state index in [0.29, 0.717) is 6.54 Å². The van der Waals surface area contributed by atoms with Crippen LogP contribution in [-0.4, -0.2) is 43.0 Å². The van der Waals surface area contributed by atoms with Crippen LogP contribution in [0.4, 0.5) is 4.79 Å². The van der Waals surface area contributed by atoms with E-state index in [9.17, 15) is 9.90 Å². The SMILES string of the molecule is CC(C)(C)OC(=O)NCC1(CO)CCNC1. The molecule has 1 atom stereocenters. The second-order valence-electron chi connectivity index (χ2n) is 5.44. The number of nitrogens with one attached hydrogen (secondary N) is 2. The van der Waals surface area contributed by atoms with E-state index in [0.717, 1.165) is 19.5 Å². The van der Waals surface area contributed by atoms with Crippen molar-refractivity contribution in [3.8, 4) is 0 Å². The highest BCUT2D eigenvalue weighted by Crippen LogP contribution is 2.23. The maximum Gasteiger partial charge on any atom is 0.407 e. The zero-order valence-electron chi connectivity index (χ0n) is 10.3. The molecule has 1 aliphatic rings. The van der Waals surface area contributed by atoms with Gasteiger partial charge in [0.15, 0.2) is 0 Å². The van der Waals surface area contributed by atoms with Crippen LogP contribution < -0.4 is 10.6 Å². The van der Waals surface area contributed by atoms with Crippen LogP contribution in [0.1, 0.15) is 27.2 Å². The van der Waals surface area contributed by atoms with Gasteiger partial charge >= 0.3 is 6.09 Å². The Morgan fingerprint density at radius 1 is 1.56 bits per heavy atom. The third kappa shape index (κ3) is 3.98. The van der Waals surface area contributed by atoms with E-state index >= 15 is 0 Å². The molecular weight excluding hydrogens is 208 g/mol. The Morgan fingerprint density at radius 3 is 2.69 bits per heavy atom. The molecule has 0 saturated carbocycles. The first-order chi connectivity index (χ1) is 7.37. The second-order valence-corrected chi connectivity index (χ2v) is 5.44. The Balaban J connectivity index is 2.35. The Kier molecular flexibility index (Phi) is 4.15. The molecule has 1 rings (SSSR count). The number of alkyl carbamates (subject to hydrolysis) is 1. The topological polar surface area (TPSA) is 70.6 Å². The second kappa shape index (κ2) is 5.01. The molecule has 5 heteroatoms. The molecule has 3 N–H and O–H groups in total. The summed E-state index contributed by atoms with van der Waals surface area (Å²) in [5, 5.41) is 15.2. The van der Waals surface area contributed by atoms with Gasteiger partial charge in [-0.2, -0.15) is 0 Å². The van der Waals surface area contributed by atoms with E-state index in [1.807, 2.05) is 20.8 Å². The van der Waals surface area contributed by atoms with Gasteiger partial charge in [0.1, 0.15) is 5.60 Å². The van der Waals surface area contributed by atoms with E-state index in [1.165, 1.54) is 0 Å². The molecule has 0 aliphatic carbocycles. The lowest BCUT2D eigenvalue weighted by molar-refractivity contribution is 0.0479. The summed E-state index contributed by atoms with van der Waals surface area (Å²) >= 11 is 0. The summed E-state index contributed by atoms with van der Waals surface area (Å²) in [5.41, 5.74) is -0.707. The van der Waals surface area contributed by atoms with E-state index < -0.39 is 11.7 Å². The fourth-order valence-electron chi connectivity index (χ4n) is 1.71. The fraction of sp³-hybridized carbons (Fsp3) is 0.909. The number of rotatable bonds is 3. The Bertz CT molecular complexity index is 242. The Hall–Kier alpha value is -0.810. The molecule has 1 aliphatic heterocycles. The molecule has 1 heterocycles. The number of aliphatic hydroxyl groups excluding tert-OH is 1. The molecule has 1 amide bonds. The van der Waals surface area contributed by atoms with Crippen LogP contribution in [0.15, 0.2) is 0 Å². The molecule has 1 unspecified atom stereocenters. The van der Waals surface area contributed by atoms with Crippen LogP contribution in [0.5, 0.6) is 0 Å². The molecule has 5 nitrogen and oxygen atoms in total. The molecular formula is C11H22N2O3. The quantitative estimate of drug-likeness (QED) is 0.659. The van der Waals surface area contributed by atoms with Gasteiger partial charge in [-0.25, -0.2) is 4.79 Å². The van der Waals surface area contributed by atoms with Crippen molar-refractivity contribution in [3.05, 3.63) is 0 Å². The summed E-state index contributed by atoms with van der Waals surface area (Å²) in [6, 6.07) is 0. The number of ether oxygens (including phenoxy) is 1. The lowest BCUT2D eigenvalue weighted by Crippen LogP contribution is -2.43. The van der Waals surface area contributed by atoms with Gasteiger partial charge in [-0.05, 0) is 33.7 Å². The molecule has 1 fully saturated rings. The Labute approximate surface area is 96.6 Å². The van der Waals surface area contributed by atoms with E-state index in [-0.39, 0.29) is 12.0 Å². The van der Waals surface area contributed by atoms with Gasteiger partial charge in [-0.1, -0.05) is 0 Å². The van der Waals surface area contributed by atoms with Crippen LogP contribution >= 0.6 is 0 Å². The number of hydrogen-bond donors (Lipinski definition) is 3. The molecule has 0 bridgehead atoms. The standard InChI is InChI=1S/C11H22N2O3/c1-10(2,3)16-9(15)13-7-11(8-14)4-5-12-6-11/h12,14H,4-8H2,1-3H3,(H,13,15). The molecule has 0 aromatic carbocycles. The minimum Gasteiger partial charge on any atom is -0.444 e. The number of amides is 1. The van der Waals surface area contributed by atoms with Crippen molar-refractivity contribution in [2.45, 2.75) is 32.8 Å². The molecule has 0 aromatic rings. The van der Waals surface area contributed by atoms with Crippen LogP contribution in [0.25, 0.3) is 0 Å². The summed E-state index contributed by atoms with van der Waals surface area (Å²) in [6.07, 6.45) is 0.450. The number of hydrogen-bond acceptors (Lipinski definition) is 4. The summed E-state index contributed by atoms with van der Waals surface area (Å²) in [4.78, 5) is 11.4. The third-order valence-electron chi connectivity index (χ3n) is 2.67. The van der Waals surface area contributed by atoms with Crippen LogP contribution in [0.3, 0.4) is 0 Å². The normalized spacial score (nSPS) is 25.5. The van der Waals surface area contributed by atoms with Gasteiger partial charge < -0.3 is 20.5 Å². The highest BCUT2D eigenvalue weighted by molar-refractivity contribution is 5.67. The molecule has 94 valence electrons. The monoisotopic (exact) mass is 230 g/mol. The van der Waals surface area contributed by atoms with Gasteiger partial charge in [0, 0.05) is 18.5 Å². The summed E-state index contributed by atoms with van der Waals surface area (Å²) in [7, 11) is 0. The highest BCUT2D eigenvalue weighted by Gasteiger charge is 2.33. The van der Waals surface area contributed by atoms with Crippen molar-refractivity contribution < 1.29 is 14.6 Å². The van der Waals surface area contributed by atoms with Crippen molar-refractivity contribution in [2.75, 3.05) is 26.2 Å². The first-order valence-electron chi connectivity index (χ1n) is 5.65. The van der Waals surface area contributed by atoms with E-state index in [2.05, 4.69) is 10.6 Å². The van der Waals surface area contributed by atoms with Gasteiger partial charge in [-0.3, -0.25) is 0 Å². The number of carbonyl (C=O) groups excluding carboxylic acids is 1. The van der Waals surface area contributed by atoms with Crippen LogP contribution in [0.2, 0.25) is 0 Å². The van der Waals surface area contributed by atoms with Crippen molar-refractivity contribution in [2.24, 2.45) is 5.41 Å². The fourth-order valence-corrected chi connectivity index (χ4v) is 1.71. The molecule has 0 aromatic heterocycles. The zero-order valence-corrected chi connectivity index (χ0v) is 10.3. The summed E-state index contributed by atoms with van der Waals surface area (Å²) < 4.78 is 5.13. The van der Waals surface area contributed by atoms with Crippen LogP contribution in [0, 0.1) is 5.41 Å². The van der Waals surface area contributed by atoms with Crippen LogP contribution in [-0.2, 0) is 4.74 Å². The van der Waals surface area contributed by atoms with Gasteiger partial charge in [0.2, 0.25) is 0 Å². The maximum absolute atomic E-state index is 11.4. The smallest absolute Gasteiger partial charge is 0.407 e. The zero-order chi connectivity index (χ0) is 12.2. The lowest BCUT2D eigenvalue weighted by Gasteiger charge is -2.27. The van der Waals surface area contributed by atoms with Gasteiger partial charge in [0.05, 0.1) is 6.61 Å². The molecule has 16 heavy (non-hydrogen) atoms. The molecule has 0 radical (unpaired) electrons. The maximum atomic E-state index is 11.4. The van der Waals surface area contributed by atoms with Crippen molar-refractivity contribution in [1.29, 1.82) is 0 Å². The summed E-state index contributed by atoms with van der Waals surface area (Å²) in [5.74, 6) is 0. The number of aliphatic hydroxyl groups is 1. The predicted octanol–water partition coefficient (Wildman–Crippen LogP) is 0.483.